The Labute approximate surface area is 218 Å². The molecule has 0 aromatic rings. The van der Waals surface area contributed by atoms with Gasteiger partial charge >= 0.3 is 0 Å². The van der Waals surface area contributed by atoms with Crippen LogP contribution >= 0.6 is 0 Å². The SMILES string of the molecule is C[C@H](CCC=O)[C@H]1CC[C@H]2[C@@H]3C[C@H](O[Si](C)(C)C)[C@@H]4CC(O[Si](C)(C)C)=CC[C@]4(C)[C@H]3CC[C@]12C. The van der Waals surface area contributed by atoms with Gasteiger partial charge in [0, 0.05) is 18.9 Å². The van der Waals surface area contributed by atoms with E-state index in [1.165, 1.54) is 37.9 Å². The molecule has 0 bridgehead atoms. The van der Waals surface area contributed by atoms with Crippen LogP contribution in [-0.2, 0) is 13.6 Å². The molecule has 0 spiro atoms. The fraction of sp³-hybridized carbons (Fsp3) is 0.900. The second-order valence-corrected chi connectivity index (χ2v) is 24.1. The fourth-order valence-corrected chi connectivity index (χ4v) is 11.6. The first-order chi connectivity index (χ1) is 16.2. The monoisotopic (exact) mass is 518 g/mol. The molecular weight excluding hydrogens is 464 g/mol. The molecule has 200 valence electrons. The summed E-state index contributed by atoms with van der Waals surface area (Å²) in [4.78, 5) is 11.1. The molecule has 0 amide bonds. The topological polar surface area (TPSA) is 35.5 Å². The van der Waals surface area contributed by atoms with Gasteiger partial charge in [-0.05, 0) is 137 Å². The van der Waals surface area contributed by atoms with E-state index < -0.39 is 16.6 Å². The number of allylic oxidation sites excluding steroid dienone is 2. The molecule has 4 aliphatic rings. The highest BCUT2D eigenvalue weighted by Gasteiger charge is 2.62. The second-order valence-electron chi connectivity index (χ2n) is 15.2. The summed E-state index contributed by atoms with van der Waals surface area (Å²) < 4.78 is 13.7. The Hall–Kier alpha value is -0.396. The Kier molecular flexibility index (Phi) is 7.68. The minimum atomic E-state index is -1.66. The van der Waals surface area contributed by atoms with Crippen molar-refractivity contribution in [3.05, 3.63) is 11.8 Å². The van der Waals surface area contributed by atoms with Crippen LogP contribution in [0.1, 0.15) is 78.6 Å². The van der Waals surface area contributed by atoms with Gasteiger partial charge in [-0.25, -0.2) is 0 Å². The van der Waals surface area contributed by atoms with Crippen LogP contribution in [-0.4, -0.2) is 29.0 Å². The Balaban J connectivity index is 1.63. The standard InChI is InChI=1S/C30H54O3Si2/c1-21(11-10-18-31)24-12-13-25-23-20-28(33-35(7,8)9)27-19-22(32-34(4,5)6)14-16-30(27,3)26(23)15-17-29(24,25)2/h14,18,21,23-28H,10-13,15-17,19-20H2,1-9H3/t21-,23+,24-,25+,26+,27+,28+,29-,30-/m1/s1. The number of aldehydes is 1. The third-order valence-corrected chi connectivity index (χ3v) is 12.6. The molecule has 3 nitrogen and oxygen atoms in total. The van der Waals surface area contributed by atoms with Gasteiger partial charge in [-0.1, -0.05) is 20.8 Å². The quantitative estimate of drug-likeness (QED) is 0.239. The van der Waals surface area contributed by atoms with E-state index in [0.29, 0.717) is 28.8 Å². The van der Waals surface area contributed by atoms with E-state index in [9.17, 15) is 4.79 Å². The zero-order chi connectivity index (χ0) is 25.8. The molecule has 0 heterocycles. The fourth-order valence-electron chi connectivity index (χ4n) is 9.44. The Morgan fingerprint density at radius 1 is 1.00 bits per heavy atom. The first-order valence-electron chi connectivity index (χ1n) is 14.7. The van der Waals surface area contributed by atoms with Crippen molar-refractivity contribution in [2.45, 2.75) is 124 Å². The van der Waals surface area contributed by atoms with Crippen LogP contribution in [0.3, 0.4) is 0 Å². The molecular formula is C30H54O3Si2. The summed E-state index contributed by atoms with van der Waals surface area (Å²) in [6.07, 6.45) is 14.8. The maximum Gasteiger partial charge on any atom is 0.241 e. The third kappa shape index (κ3) is 5.43. The van der Waals surface area contributed by atoms with Crippen molar-refractivity contribution < 1.29 is 13.6 Å². The third-order valence-electron chi connectivity index (χ3n) is 10.7. The van der Waals surface area contributed by atoms with Gasteiger partial charge in [0.15, 0.2) is 8.32 Å². The lowest BCUT2D eigenvalue weighted by Gasteiger charge is -2.62. The largest absolute Gasteiger partial charge is 0.548 e. The number of rotatable bonds is 8. The summed E-state index contributed by atoms with van der Waals surface area (Å²) in [5, 5.41) is 0. The van der Waals surface area contributed by atoms with Gasteiger partial charge < -0.3 is 13.6 Å². The van der Waals surface area contributed by atoms with Crippen molar-refractivity contribution in [2.75, 3.05) is 0 Å². The molecule has 3 saturated carbocycles. The van der Waals surface area contributed by atoms with E-state index in [-0.39, 0.29) is 0 Å². The predicted molar refractivity (Wildman–Crippen MR) is 151 cm³/mol. The zero-order valence-electron chi connectivity index (χ0n) is 24.3. The first-order valence-corrected chi connectivity index (χ1v) is 21.5. The molecule has 3 fully saturated rings. The summed E-state index contributed by atoms with van der Waals surface area (Å²) in [7, 11) is -3.27. The Morgan fingerprint density at radius 2 is 1.69 bits per heavy atom. The van der Waals surface area contributed by atoms with E-state index in [0.717, 1.165) is 55.6 Å². The van der Waals surface area contributed by atoms with Crippen LogP contribution in [0.5, 0.6) is 0 Å². The van der Waals surface area contributed by atoms with Crippen molar-refractivity contribution in [1.82, 2.24) is 0 Å². The lowest BCUT2D eigenvalue weighted by molar-refractivity contribution is -0.144. The lowest BCUT2D eigenvalue weighted by atomic mass is 9.44. The van der Waals surface area contributed by atoms with E-state index in [4.69, 9.17) is 8.85 Å². The Morgan fingerprint density at radius 3 is 2.31 bits per heavy atom. The smallest absolute Gasteiger partial charge is 0.241 e. The van der Waals surface area contributed by atoms with Gasteiger partial charge in [0.1, 0.15) is 6.29 Å². The molecule has 0 aromatic heterocycles. The molecule has 9 atom stereocenters. The summed E-state index contributed by atoms with van der Waals surface area (Å²) in [6, 6.07) is 0. The second kappa shape index (κ2) is 9.73. The minimum Gasteiger partial charge on any atom is -0.548 e. The minimum absolute atomic E-state index is 0.322. The van der Waals surface area contributed by atoms with E-state index >= 15 is 0 Å². The zero-order valence-corrected chi connectivity index (χ0v) is 26.3. The molecule has 0 aromatic carbocycles. The van der Waals surface area contributed by atoms with Gasteiger partial charge in [-0.3, -0.25) is 0 Å². The van der Waals surface area contributed by atoms with Gasteiger partial charge in [0.05, 0.1) is 5.76 Å². The summed E-state index contributed by atoms with van der Waals surface area (Å²) >= 11 is 0. The van der Waals surface area contributed by atoms with Gasteiger partial charge in [0.25, 0.3) is 0 Å². The average molecular weight is 519 g/mol. The number of hydrogen-bond acceptors (Lipinski definition) is 3. The summed E-state index contributed by atoms with van der Waals surface area (Å²) in [6.45, 7) is 21.7. The average Bonchev–Trinajstić information content (AvgIpc) is 3.08. The molecule has 0 unspecified atom stereocenters. The van der Waals surface area contributed by atoms with E-state index in [2.05, 4.69) is 66.1 Å². The number of fused-ring (bicyclic) bond motifs is 5. The highest BCUT2D eigenvalue weighted by Crippen LogP contribution is 2.68. The molecule has 5 heteroatoms. The van der Waals surface area contributed by atoms with Crippen LogP contribution in [0.25, 0.3) is 0 Å². The van der Waals surface area contributed by atoms with Crippen molar-refractivity contribution in [3.8, 4) is 0 Å². The van der Waals surface area contributed by atoms with Gasteiger partial charge in [-0.15, -0.1) is 0 Å². The van der Waals surface area contributed by atoms with Gasteiger partial charge in [0.2, 0.25) is 8.32 Å². The molecule has 0 radical (unpaired) electrons. The summed E-state index contributed by atoms with van der Waals surface area (Å²) in [5.41, 5.74) is 0.759. The van der Waals surface area contributed by atoms with Crippen molar-refractivity contribution in [3.63, 3.8) is 0 Å². The van der Waals surface area contributed by atoms with Crippen molar-refractivity contribution in [2.24, 2.45) is 46.3 Å². The molecule has 0 N–H and O–H groups in total. The summed E-state index contributed by atoms with van der Waals surface area (Å²) in [5.74, 6) is 5.69. The normalized spacial score (nSPS) is 42.4. The van der Waals surface area contributed by atoms with Crippen molar-refractivity contribution >= 4 is 22.9 Å². The molecule has 4 aliphatic carbocycles. The first kappa shape index (κ1) is 27.6. The molecule has 0 saturated heterocycles. The van der Waals surface area contributed by atoms with Crippen LogP contribution in [0.2, 0.25) is 39.3 Å². The molecule has 4 rings (SSSR count). The predicted octanol–water partition coefficient (Wildman–Crippen LogP) is 8.44. The maximum absolute atomic E-state index is 11.1. The van der Waals surface area contributed by atoms with Crippen LogP contribution in [0.15, 0.2) is 11.8 Å². The number of hydrogen-bond donors (Lipinski definition) is 0. The van der Waals surface area contributed by atoms with Gasteiger partial charge in [-0.2, -0.15) is 0 Å². The highest BCUT2D eigenvalue weighted by atomic mass is 28.4. The van der Waals surface area contributed by atoms with Crippen molar-refractivity contribution in [1.29, 1.82) is 0 Å². The molecule has 0 aliphatic heterocycles. The van der Waals surface area contributed by atoms with Crippen LogP contribution in [0.4, 0.5) is 0 Å². The molecule has 35 heavy (non-hydrogen) atoms. The number of carbonyl (C=O) groups is 1. The highest BCUT2D eigenvalue weighted by molar-refractivity contribution is 6.70. The number of carbonyl (C=O) groups excluding carboxylic acids is 1. The van der Waals surface area contributed by atoms with Crippen LogP contribution in [0, 0.1) is 46.3 Å². The van der Waals surface area contributed by atoms with Crippen LogP contribution < -0.4 is 0 Å². The lowest BCUT2D eigenvalue weighted by Crippen LogP contribution is -2.58. The maximum atomic E-state index is 11.1. The van der Waals surface area contributed by atoms with E-state index in [1.54, 1.807) is 0 Å². The Bertz CT molecular complexity index is 811. The van der Waals surface area contributed by atoms with E-state index in [1.807, 2.05) is 0 Å².